The van der Waals surface area contributed by atoms with Gasteiger partial charge < -0.3 is 14.6 Å². The number of amides is 1. The second-order valence-corrected chi connectivity index (χ2v) is 10.6. The Morgan fingerprint density at radius 2 is 1.84 bits per heavy atom. The minimum absolute atomic E-state index is 0.0177. The third-order valence-corrected chi connectivity index (χ3v) is 8.23. The van der Waals surface area contributed by atoms with E-state index in [9.17, 15) is 14.7 Å². The van der Waals surface area contributed by atoms with E-state index in [1.54, 1.807) is 42.8 Å². The number of thioether (sulfide) groups is 1. The molecule has 1 N–H and O–H groups in total. The second-order valence-electron chi connectivity index (χ2n) is 9.54. The van der Waals surface area contributed by atoms with Crippen LogP contribution in [0, 0.1) is 0 Å². The van der Waals surface area contributed by atoms with Gasteiger partial charge in [-0.25, -0.2) is 4.79 Å². The second kappa shape index (κ2) is 9.63. The summed E-state index contributed by atoms with van der Waals surface area (Å²) < 4.78 is 3.70. The Kier molecular flexibility index (Phi) is 6.13. The Labute approximate surface area is 224 Å². The molecule has 6 rings (SSSR count). The maximum atomic E-state index is 14.0. The summed E-state index contributed by atoms with van der Waals surface area (Å²) in [5.74, 6) is 0.623. The van der Waals surface area contributed by atoms with Crippen LogP contribution in [0.1, 0.15) is 38.1 Å². The summed E-state index contributed by atoms with van der Waals surface area (Å²) in [6.45, 7) is -0.0177. The third kappa shape index (κ3) is 4.02. The van der Waals surface area contributed by atoms with Crippen molar-refractivity contribution in [2.24, 2.45) is 0 Å². The summed E-state index contributed by atoms with van der Waals surface area (Å²) in [5.41, 5.74) is 6.63. The largest absolute Gasteiger partial charge is 0.392 e. The normalized spacial score (nSPS) is 14.6. The minimum atomic E-state index is -0.226. The van der Waals surface area contributed by atoms with E-state index in [4.69, 9.17) is 0 Å². The summed E-state index contributed by atoms with van der Waals surface area (Å²) in [5, 5.41) is 10.2. The molecule has 0 saturated carbocycles. The van der Waals surface area contributed by atoms with Crippen LogP contribution >= 0.6 is 11.8 Å². The van der Waals surface area contributed by atoms with E-state index in [2.05, 4.69) is 15.6 Å². The molecule has 1 amide bonds. The Balaban J connectivity index is 1.43. The molecule has 1 aliphatic heterocycles. The van der Waals surface area contributed by atoms with Gasteiger partial charge in [-0.05, 0) is 34.9 Å². The minimum Gasteiger partial charge on any atom is -0.392 e. The number of benzene rings is 2. The Morgan fingerprint density at radius 3 is 2.55 bits per heavy atom. The number of ketones is 1. The molecule has 4 heterocycles. The highest BCUT2D eigenvalue weighted by molar-refractivity contribution is 7.99. The molecule has 190 valence electrons. The van der Waals surface area contributed by atoms with Gasteiger partial charge in [0.15, 0.2) is 5.78 Å². The predicted molar refractivity (Wildman–Crippen MR) is 149 cm³/mol. The summed E-state index contributed by atoms with van der Waals surface area (Å²) in [6, 6.07) is 19.1. The molecule has 38 heavy (non-hydrogen) atoms. The van der Waals surface area contributed by atoms with Crippen molar-refractivity contribution in [3.63, 3.8) is 0 Å². The molecule has 5 aromatic rings. The Morgan fingerprint density at radius 1 is 1.05 bits per heavy atom. The number of fused-ring (bicyclic) bond motifs is 2. The van der Waals surface area contributed by atoms with Gasteiger partial charge in [-0.1, -0.05) is 42.5 Å². The van der Waals surface area contributed by atoms with Crippen LogP contribution in [0.25, 0.3) is 22.0 Å². The van der Waals surface area contributed by atoms with Crippen molar-refractivity contribution in [1.29, 1.82) is 0 Å². The molecule has 1 aliphatic rings. The van der Waals surface area contributed by atoms with E-state index in [-0.39, 0.29) is 23.8 Å². The van der Waals surface area contributed by atoms with Gasteiger partial charge in [0.2, 0.25) is 0 Å². The first-order valence-corrected chi connectivity index (χ1v) is 13.3. The van der Waals surface area contributed by atoms with Gasteiger partial charge in [-0.2, -0.15) is 0 Å². The molecule has 0 radical (unpaired) electrons. The van der Waals surface area contributed by atoms with Gasteiger partial charge >= 0.3 is 6.03 Å². The zero-order valence-electron chi connectivity index (χ0n) is 21.0. The van der Waals surface area contributed by atoms with Crippen molar-refractivity contribution in [1.82, 2.24) is 19.0 Å². The number of aromatic nitrogens is 3. The van der Waals surface area contributed by atoms with Gasteiger partial charge in [0.25, 0.3) is 0 Å². The molecule has 7 nitrogen and oxygen atoms in total. The third-order valence-electron chi connectivity index (χ3n) is 6.98. The number of pyridine rings is 1. The van der Waals surface area contributed by atoms with Crippen molar-refractivity contribution >= 4 is 34.5 Å². The number of nitrogens with zero attached hydrogens (tertiary/aromatic N) is 4. The van der Waals surface area contributed by atoms with Gasteiger partial charge in [0, 0.05) is 72.4 Å². The predicted octanol–water partition coefficient (Wildman–Crippen LogP) is 5.55. The summed E-state index contributed by atoms with van der Waals surface area (Å²) in [4.78, 5) is 32.8. The van der Waals surface area contributed by atoms with E-state index in [0.29, 0.717) is 16.6 Å². The van der Waals surface area contributed by atoms with Gasteiger partial charge in [0.05, 0.1) is 12.1 Å². The molecule has 0 saturated heterocycles. The van der Waals surface area contributed by atoms with Crippen LogP contribution in [0.3, 0.4) is 0 Å². The van der Waals surface area contributed by atoms with E-state index in [1.165, 1.54) is 4.90 Å². The fourth-order valence-electron chi connectivity index (χ4n) is 4.98. The van der Waals surface area contributed by atoms with Gasteiger partial charge in [-0.15, -0.1) is 11.8 Å². The lowest BCUT2D eigenvalue weighted by molar-refractivity contribution is 0.103. The molecule has 0 bridgehead atoms. The van der Waals surface area contributed by atoms with Crippen LogP contribution in [-0.2, 0) is 12.4 Å². The molecule has 0 spiro atoms. The molecular weight excluding hydrogens is 496 g/mol. The zero-order chi connectivity index (χ0) is 26.4. The zero-order valence-corrected chi connectivity index (χ0v) is 21.9. The standard InChI is InChI=1S/C30H26N4O3S/c1-32(2)30(37)34-16-25(23-10-9-21(14-26(23)34)20-7-5-19(17-35)6-8-20)28(36)24-11-13-33-27(24)18-38-29(33)22-4-3-12-31-15-22/h3-16,29,35H,17-18H2,1-2H3/t29-/m1/s1. The lowest BCUT2D eigenvalue weighted by Crippen LogP contribution is -2.26. The molecule has 8 heteroatoms. The smallest absolute Gasteiger partial charge is 0.328 e. The molecule has 3 aromatic heterocycles. The van der Waals surface area contributed by atoms with Crippen LogP contribution in [0.5, 0.6) is 0 Å². The monoisotopic (exact) mass is 522 g/mol. The quantitative estimate of drug-likeness (QED) is 0.306. The van der Waals surface area contributed by atoms with Crippen molar-refractivity contribution in [2.75, 3.05) is 14.1 Å². The molecule has 0 aliphatic carbocycles. The van der Waals surface area contributed by atoms with E-state index in [1.807, 2.05) is 67.0 Å². The summed E-state index contributed by atoms with van der Waals surface area (Å²) in [7, 11) is 3.40. The van der Waals surface area contributed by atoms with Crippen LogP contribution in [0.4, 0.5) is 4.79 Å². The SMILES string of the molecule is CN(C)C(=O)n1cc(C(=O)c2ccn3c2CS[C@@H]3c2cccnc2)c2ccc(-c3ccc(CO)cc3)cc21. The number of hydrogen-bond acceptors (Lipinski definition) is 5. The highest BCUT2D eigenvalue weighted by Gasteiger charge is 2.30. The lowest BCUT2D eigenvalue weighted by atomic mass is 9.99. The van der Waals surface area contributed by atoms with Crippen molar-refractivity contribution < 1.29 is 14.7 Å². The Bertz CT molecular complexity index is 1670. The average Bonchev–Trinajstić information content (AvgIpc) is 3.66. The van der Waals surface area contributed by atoms with E-state index < -0.39 is 0 Å². The maximum absolute atomic E-state index is 14.0. The Hall–Kier alpha value is -4.14. The van der Waals surface area contributed by atoms with Gasteiger partial charge in [0.1, 0.15) is 5.37 Å². The van der Waals surface area contributed by atoms with E-state index in [0.717, 1.165) is 39.1 Å². The van der Waals surface area contributed by atoms with Crippen LogP contribution in [0.2, 0.25) is 0 Å². The fourth-order valence-corrected chi connectivity index (χ4v) is 6.29. The van der Waals surface area contributed by atoms with Crippen molar-refractivity contribution in [3.05, 3.63) is 113 Å². The van der Waals surface area contributed by atoms with Crippen molar-refractivity contribution in [3.8, 4) is 11.1 Å². The van der Waals surface area contributed by atoms with Crippen LogP contribution in [0.15, 0.2) is 85.5 Å². The number of aliphatic hydroxyl groups is 1. The highest BCUT2D eigenvalue weighted by atomic mass is 32.2. The molecule has 0 unspecified atom stereocenters. The molecule has 2 aromatic carbocycles. The molecular formula is C30H26N4O3S. The van der Waals surface area contributed by atoms with Gasteiger partial charge in [-0.3, -0.25) is 14.3 Å². The van der Waals surface area contributed by atoms with Crippen LogP contribution < -0.4 is 0 Å². The van der Waals surface area contributed by atoms with E-state index >= 15 is 0 Å². The fraction of sp³-hybridized carbons (Fsp3) is 0.167. The summed E-state index contributed by atoms with van der Waals surface area (Å²) in [6.07, 6.45) is 7.26. The topological polar surface area (TPSA) is 80.4 Å². The highest BCUT2D eigenvalue weighted by Crippen LogP contribution is 2.42. The maximum Gasteiger partial charge on any atom is 0.328 e. The number of carbonyl (C=O) groups excluding carboxylic acids is 2. The lowest BCUT2D eigenvalue weighted by Gasteiger charge is -2.12. The first kappa shape index (κ1) is 24.2. The summed E-state index contributed by atoms with van der Waals surface area (Å²) >= 11 is 1.77. The number of rotatable bonds is 5. The number of hydrogen-bond donors (Lipinski definition) is 1. The number of carbonyl (C=O) groups is 2. The molecule has 0 fully saturated rings. The molecule has 1 atom stereocenters. The number of aliphatic hydroxyl groups excluding tert-OH is 1. The van der Waals surface area contributed by atoms with Crippen LogP contribution in [-0.4, -0.2) is 50.0 Å². The van der Waals surface area contributed by atoms with Crippen molar-refractivity contribution in [2.45, 2.75) is 17.7 Å². The average molecular weight is 523 g/mol. The first-order chi connectivity index (χ1) is 18.5. The first-order valence-electron chi connectivity index (χ1n) is 12.3.